The van der Waals surface area contributed by atoms with Gasteiger partial charge in [-0.2, -0.15) is 0 Å². The normalized spacial score (nSPS) is 11.4. The predicted octanol–water partition coefficient (Wildman–Crippen LogP) is 2.55. The fourth-order valence-electron chi connectivity index (χ4n) is 1.75. The number of pyridine rings is 1. The first-order valence-electron chi connectivity index (χ1n) is 5.98. The smallest absolute Gasteiger partial charge is 0.266 e. The van der Waals surface area contributed by atoms with E-state index in [-0.39, 0.29) is 17.9 Å². The standard InChI is InChI=1S/C13H13BrFN3O2S/c1-8-3-2-4-12(17-8)18-21(19,20)11-6-10(14)5-9(7-16)13(11)15/h2-6H,7,16H2,1H3,(H,17,18). The van der Waals surface area contributed by atoms with Crippen LogP contribution in [0.2, 0.25) is 0 Å². The third kappa shape index (κ3) is 3.58. The number of nitrogens with one attached hydrogen (secondary N) is 1. The maximum absolute atomic E-state index is 14.2. The molecule has 0 saturated carbocycles. The number of anilines is 1. The van der Waals surface area contributed by atoms with E-state index in [0.29, 0.717) is 10.2 Å². The van der Waals surface area contributed by atoms with Crippen molar-refractivity contribution in [3.63, 3.8) is 0 Å². The van der Waals surface area contributed by atoms with Crippen LogP contribution in [0.3, 0.4) is 0 Å². The molecule has 0 spiro atoms. The summed E-state index contributed by atoms with van der Waals surface area (Å²) < 4.78 is 41.5. The molecule has 8 heteroatoms. The first-order chi connectivity index (χ1) is 9.83. The average molecular weight is 374 g/mol. The molecule has 1 aromatic heterocycles. The number of hydrogen-bond acceptors (Lipinski definition) is 4. The molecule has 2 aromatic rings. The summed E-state index contributed by atoms with van der Waals surface area (Å²) in [6, 6.07) is 7.50. The monoisotopic (exact) mass is 373 g/mol. The van der Waals surface area contributed by atoms with Gasteiger partial charge in [-0.25, -0.2) is 17.8 Å². The van der Waals surface area contributed by atoms with Crippen molar-refractivity contribution in [1.82, 2.24) is 4.98 Å². The quantitative estimate of drug-likeness (QED) is 0.862. The van der Waals surface area contributed by atoms with Gasteiger partial charge in [-0.15, -0.1) is 0 Å². The van der Waals surface area contributed by atoms with Crippen LogP contribution in [0.25, 0.3) is 0 Å². The van der Waals surface area contributed by atoms with Gasteiger partial charge in [0.15, 0.2) is 0 Å². The number of benzene rings is 1. The summed E-state index contributed by atoms with van der Waals surface area (Å²) in [7, 11) is -4.09. The minimum Gasteiger partial charge on any atom is -0.326 e. The molecule has 0 aliphatic rings. The third-order valence-electron chi connectivity index (χ3n) is 2.72. The largest absolute Gasteiger partial charge is 0.326 e. The molecule has 112 valence electrons. The number of nitrogens with two attached hydrogens (primary N) is 1. The lowest BCUT2D eigenvalue weighted by molar-refractivity contribution is 0.560. The fraction of sp³-hybridized carbons (Fsp3) is 0.154. The van der Waals surface area contributed by atoms with Gasteiger partial charge < -0.3 is 5.73 Å². The molecule has 0 amide bonds. The lowest BCUT2D eigenvalue weighted by atomic mass is 10.2. The van der Waals surface area contributed by atoms with Crippen LogP contribution in [0.4, 0.5) is 10.2 Å². The van der Waals surface area contributed by atoms with Gasteiger partial charge in [-0.05, 0) is 31.2 Å². The van der Waals surface area contributed by atoms with Crippen molar-refractivity contribution in [1.29, 1.82) is 0 Å². The van der Waals surface area contributed by atoms with Crippen LogP contribution in [0, 0.1) is 12.7 Å². The van der Waals surface area contributed by atoms with Gasteiger partial charge in [0, 0.05) is 22.3 Å². The Labute approximate surface area is 130 Å². The molecule has 0 saturated heterocycles. The zero-order valence-corrected chi connectivity index (χ0v) is 13.5. The third-order valence-corrected chi connectivity index (χ3v) is 4.53. The van der Waals surface area contributed by atoms with E-state index in [1.165, 1.54) is 18.2 Å². The Hall–Kier alpha value is -1.51. The SMILES string of the molecule is Cc1cccc(NS(=O)(=O)c2cc(Br)cc(CN)c2F)n1. The molecule has 0 radical (unpaired) electrons. The average Bonchev–Trinajstić information content (AvgIpc) is 2.40. The van der Waals surface area contributed by atoms with E-state index < -0.39 is 20.7 Å². The second kappa shape index (κ2) is 6.08. The van der Waals surface area contributed by atoms with E-state index >= 15 is 0 Å². The number of aryl methyl sites for hydroxylation is 1. The molecule has 0 bridgehead atoms. The summed E-state index contributed by atoms with van der Waals surface area (Å²) in [5, 5.41) is 0. The molecule has 0 fully saturated rings. The lowest BCUT2D eigenvalue weighted by Gasteiger charge is -2.11. The molecule has 1 heterocycles. The zero-order valence-electron chi connectivity index (χ0n) is 11.1. The lowest BCUT2D eigenvalue weighted by Crippen LogP contribution is -2.17. The molecule has 1 aromatic carbocycles. The summed E-state index contributed by atoms with van der Waals surface area (Å²) >= 11 is 3.15. The molecular weight excluding hydrogens is 361 g/mol. The zero-order chi connectivity index (χ0) is 15.6. The minimum atomic E-state index is -4.09. The highest BCUT2D eigenvalue weighted by Crippen LogP contribution is 2.25. The molecule has 21 heavy (non-hydrogen) atoms. The van der Waals surface area contributed by atoms with Crippen molar-refractivity contribution in [2.24, 2.45) is 5.73 Å². The molecule has 0 aliphatic carbocycles. The van der Waals surface area contributed by atoms with Gasteiger partial charge in [0.2, 0.25) is 0 Å². The molecule has 0 aliphatic heterocycles. The summed E-state index contributed by atoms with van der Waals surface area (Å²) in [5.41, 5.74) is 6.17. The summed E-state index contributed by atoms with van der Waals surface area (Å²) in [6.45, 7) is 1.63. The Bertz CT molecular complexity index is 781. The summed E-state index contributed by atoms with van der Waals surface area (Å²) in [5.74, 6) is -0.732. The van der Waals surface area contributed by atoms with Crippen LogP contribution in [0.1, 0.15) is 11.3 Å². The second-order valence-electron chi connectivity index (χ2n) is 4.35. The van der Waals surface area contributed by atoms with Crippen LogP contribution in [-0.2, 0) is 16.6 Å². The van der Waals surface area contributed by atoms with Gasteiger partial charge in [-0.3, -0.25) is 4.72 Å². The number of aromatic nitrogens is 1. The summed E-state index contributed by atoms with van der Waals surface area (Å²) in [6.07, 6.45) is 0. The molecule has 3 N–H and O–H groups in total. The van der Waals surface area contributed by atoms with Crippen LogP contribution in [0.15, 0.2) is 39.7 Å². The highest BCUT2D eigenvalue weighted by molar-refractivity contribution is 9.10. The van der Waals surface area contributed by atoms with E-state index in [1.54, 1.807) is 19.1 Å². The van der Waals surface area contributed by atoms with E-state index in [9.17, 15) is 12.8 Å². The summed E-state index contributed by atoms with van der Waals surface area (Å²) in [4.78, 5) is 3.56. The van der Waals surface area contributed by atoms with Gasteiger partial charge in [-0.1, -0.05) is 22.0 Å². The second-order valence-corrected chi connectivity index (χ2v) is 6.92. The van der Waals surface area contributed by atoms with Gasteiger partial charge >= 0.3 is 0 Å². The van der Waals surface area contributed by atoms with Crippen molar-refractivity contribution >= 4 is 31.8 Å². The van der Waals surface area contributed by atoms with E-state index in [0.717, 1.165) is 0 Å². The Morgan fingerprint density at radius 3 is 2.71 bits per heavy atom. The highest BCUT2D eigenvalue weighted by atomic mass is 79.9. The number of halogens is 2. The van der Waals surface area contributed by atoms with Crippen LogP contribution in [-0.4, -0.2) is 13.4 Å². The Kier molecular flexibility index (Phi) is 4.60. The minimum absolute atomic E-state index is 0.101. The molecule has 2 rings (SSSR count). The van der Waals surface area contributed by atoms with Crippen molar-refractivity contribution in [3.05, 3.63) is 51.9 Å². The number of sulfonamides is 1. The maximum Gasteiger partial charge on any atom is 0.266 e. The molecule has 0 atom stereocenters. The van der Waals surface area contributed by atoms with Gasteiger partial charge in [0.05, 0.1) is 0 Å². The van der Waals surface area contributed by atoms with E-state index in [2.05, 4.69) is 25.6 Å². The van der Waals surface area contributed by atoms with Crippen molar-refractivity contribution in [3.8, 4) is 0 Å². The maximum atomic E-state index is 14.2. The van der Waals surface area contributed by atoms with Gasteiger partial charge in [0.25, 0.3) is 10.0 Å². The number of nitrogens with zero attached hydrogens (tertiary/aromatic N) is 1. The Balaban J connectivity index is 2.47. The van der Waals surface area contributed by atoms with Crippen molar-refractivity contribution < 1.29 is 12.8 Å². The molecular formula is C13H13BrFN3O2S. The van der Waals surface area contributed by atoms with Crippen LogP contribution < -0.4 is 10.5 Å². The Morgan fingerprint density at radius 1 is 1.38 bits per heavy atom. The number of hydrogen-bond donors (Lipinski definition) is 2. The first-order valence-corrected chi connectivity index (χ1v) is 8.25. The number of rotatable bonds is 4. The van der Waals surface area contributed by atoms with Gasteiger partial charge in [0.1, 0.15) is 16.5 Å². The molecule has 0 unspecified atom stereocenters. The van der Waals surface area contributed by atoms with Crippen molar-refractivity contribution in [2.75, 3.05) is 4.72 Å². The fourth-order valence-corrected chi connectivity index (χ4v) is 3.56. The van der Waals surface area contributed by atoms with E-state index in [4.69, 9.17) is 5.73 Å². The Morgan fingerprint density at radius 2 is 2.10 bits per heavy atom. The van der Waals surface area contributed by atoms with Crippen molar-refractivity contribution in [2.45, 2.75) is 18.4 Å². The van der Waals surface area contributed by atoms with Crippen LogP contribution >= 0.6 is 15.9 Å². The first kappa shape index (κ1) is 15.9. The van der Waals surface area contributed by atoms with Crippen LogP contribution in [0.5, 0.6) is 0 Å². The highest BCUT2D eigenvalue weighted by Gasteiger charge is 2.22. The molecule has 5 nitrogen and oxygen atoms in total. The topological polar surface area (TPSA) is 85.1 Å². The van der Waals surface area contributed by atoms with E-state index in [1.807, 2.05) is 0 Å². The predicted molar refractivity (Wildman–Crippen MR) is 81.8 cm³/mol.